The number of nitrogens with zero attached hydrogens (tertiary/aromatic N) is 1. The first kappa shape index (κ1) is 21.4. The van der Waals surface area contributed by atoms with Gasteiger partial charge in [-0.2, -0.15) is 0 Å². The lowest BCUT2D eigenvalue weighted by molar-refractivity contribution is -0.141. The number of urea groups is 1. The highest BCUT2D eigenvalue weighted by Gasteiger charge is 2.52. The molecule has 6 nitrogen and oxygen atoms in total. The zero-order valence-electron chi connectivity index (χ0n) is 18.6. The molecule has 4 atom stereocenters. The molecular formula is C25H31N3O3. The number of rotatable bonds is 3. The van der Waals surface area contributed by atoms with E-state index in [4.69, 9.17) is 0 Å². The lowest BCUT2D eigenvalue weighted by Gasteiger charge is -2.44. The van der Waals surface area contributed by atoms with E-state index in [-0.39, 0.29) is 6.04 Å². The molecule has 0 unspecified atom stereocenters. The summed E-state index contributed by atoms with van der Waals surface area (Å²) in [6, 6.07) is 11.8. The number of carbonyl (C=O) groups excluding carboxylic acids is 2. The number of hydrogen-bond acceptors (Lipinski definition) is 3. The van der Waals surface area contributed by atoms with Gasteiger partial charge in [-0.3, -0.25) is 9.69 Å². The van der Waals surface area contributed by atoms with Crippen molar-refractivity contribution in [2.24, 2.45) is 11.8 Å². The van der Waals surface area contributed by atoms with Gasteiger partial charge in [0.1, 0.15) is 0 Å². The van der Waals surface area contributed by atoms with Crippen LogP contribution in [0.15, 0.2) is 42.5 Å². The van der Waals surface area contributed by atoms with Gasteiger partial charge in [-0.1, -0.05) is 51.0 Å². The topological polar surface area (TPSA) is 81.7 Å². The van der Waals surface area contributed by atoms with Crippen LogP contribution in [0, 0.1) is 25.7 Å². The molecule has 0 aromatic heterocycles. The van der Waals surface area contributed by atoms with Crippen molar-refractivity contribution < 1.29 is 14.7 Å². The van der Waals surface area contributed by atoms with E-state index >= 15 is 0 Å². The van der Waals surface area contributed by atoms with Crippen molar-refractivity contribution in [2.75, 3.05) is 10.2 Å². The van der Waals surface area contributed by atoms with Crippen molar-refractivity contribution in [1.29, 1.82) is 0 Å². The van der Waals surface area contributed by atoms with Gasteiger partial charge in [0.2, 0.25) is 0 Å². The Kier molecular flexibility index (Phi) is 5.52. The summed E-state index contributed by atoms with van der Waals surface area (Å²) < 4.78 is 0. The molecule has 2 aromatic rings. The van der Waals surface area contributed by atoms with Crippen molar-refractivity contribution in [1.82, 2.24) is 5.32 Å². The van der Waals surface area contributed by atoms with Gasteiger partial charge in [0, 0.05) is 17.3 Å². The summed E-state index contributed by atoms with van der Waals surface area (Å²) in [5.41, 5.74) is 1.16. The Labute approximate surface area is 183 Å². The minimum atomic E-state index is -2.15. The molecule has 2 aromatic carbocycles. The smallest absolute Gasteiger partial charge is 0.329 e. The van der Waals surface area contributed by atoms with E-state index in [2.05, 4.69) is 24.5 Å². The number of anilines is 2. The van der Waals surface area contributed by atoms with Crippen molar-refractivity contribution >= 4 is 23.3 Å². The van der Waals surface area contributed by atoms with E-state index in [1.807, 2.05) is 26.0 Å². The van der Waals surface area contributed by atoms with Gasteiger partial charge in [0.25, 0.3) is 11.6 Å². The molecule has 1 saturated carbocycles. The van der Waals surface area contributed by atoms with Crippen molar-refractivity contribution in [3.63, 3.8) is 0 Å². The Morgan fingerprint density at radius 3 is 2.61 bits per heavy atom. The predicted octanol–water partition coefficient (Wildman–Crippen LogP) is 4.44. The summed E-state index contributed by atoms with van der Waals surface area (Å²) in [6.07, 6.45) is 3.04. The molecule has 31 heavy (non-hydrogen) atoms. The normalized spacial score (nSPS) is 28.0. The zero-order chi connectivity index (χ0) is 22.3. The Balaban J connectivity index is 1.79. The van der Waals surface area contributed by atoms with Crippen LogP contribution in [0.25, 0.3) is 0 Å². The second-order valence-electron chi connectivity index (χ2n) is 9.10. The summed E-state index contributed by atoms with van der Waals surface area (Å²) in [7, 11) is 0. The quantitative estimate of drug-likeness (QED) is 0.685. The molecule has 6 heteroatoms. The fourth-order valence-corrected chi connectivity index (χ4v) is 4.78. The van der Waals surface area contributed by atoms with Crippen LogP contribution < -0.4 is 15.5 Å². The molecule has 3 amide bonds. The Morgan fingerprint density at radius 1 is 1.13 bits per heavy atom. The summed E-state index contributed by atoms with van der Waals surface area (Å²) in [6.45, 7) is 8.26. The van der Waals surface area contributed by atoms with E-state index < -0.39 is 17.7 Å². The number of hydrogen-bond donors (Lipinski definition) is 3. The highest BCUT2D eigenvalue weighted by Crippen LogP contribution is 2.41. The van der Waals surface area contributed by atoms with E-state index in [0.29, 0.717) is 28.8 Å². The Hall–Kier alpha value is -2.86. The fraction of sp³-hybridized carbons (Fsp3) is 0.440. The van der Waals surface area contributed by atoms with Crippen LogP contribution in [-0.2, 0) is 10.5 Å². The van der Waals surface area contributed by atoms with E-state index in [1.54, 1.807) is 30.3 Å². The van der Waals surface area contributed by atoms with Crippen molar-refractivity contribution in [2.45, 2.75) is 58.7 Å². The Bertz CT molecular complexity index is 1020. The van der Waals surface area contributed by atoms with Crippen LogP contribution in [0.4, 0.5) is 16.2 Å². The summed E-state index contributed by atoms with van der Waals surface area (Å²) in [5, 5.41) is 17.9. The fourth-order valence-electron chi connectivity index (χ4n) is 4.78. The van der Waals surface area contributed by atoms with Gasteiger partial charge in [0.15, 0.2) is 0 Å². The molecule has 0 radical (unpaired) electrons. The van der Waals surface area contributed by atoms with Gasteiger partial charge >= 0.3 is 6.03 Å². The molecule has 164 valence electrons. The van der Waals surface area contributed by atoms with Gasteiger partial charge in [-0.15, -0.1) is 0 Å². The molecular weight excluding hydrogens is 390 g/mol. The van der Waals surface area contributed by atoms with Crippen LogP contribution in [0.3, 0.4) is 0 Å². The summed E-state index contributed by atoms with van der Waals surface area (Å²) in [5.74, 6) is 0.217. The molecule has 0 saturated heterocycles. The number of carbonyl (C=O) groups is 2. The molecule has 1 heterocycles. The highest BCUT2D eigenvalue weighted by atomic mass is 16.3. The molecule has 4 rings (SSSR count). The number of fused-ring (bicyclic) bond motifs is 1. The van der Waals surface area contributed by atoms with Gasteiger partial charge < -0.3 is 15.7 Å². The SMILES string of the molecule is Cc1ccc(N2C(=O)Nc3ccccc3[C@]2(O)C(=O)N[C@@H]2CCC[C@@H](C)[C@@H]2C)cc1C. The van der Waals surface area contributed by atoms with Crippen LogP contribution >= 0.6 is 0 Å². The van der Waals surface area contributed by atoms with Crippen LogP contribution in [0.1, 0.15) is 49.8 Å². The van der Waals surface area contributed by atoms with Gasteiger partial charge in [-0.05, 0) is 61.4 Å². The number of amides is 3. The molecule has 1 aliphatic carbocycles. The standard InChI is InChI=1S/C25H31N3O3/c1-15-12-13-19(14-17(15)3)28-24(30)27-22-10-6-5-9-20(22)25(28,31)23(29)26-21-11-7-8-16(2)18(21)4/h5-6,9-10,12-14,16,18,21,31H,7-8,11H2,1-4H3,(H,26,29)(H,27,30)/t16-,18+,21-,25+/m1/s1. The molecule has 1 fully saturated rings. The first-order valence-corrected chi connectivity index (χ1v) is 11.0. The third kappa shape index (κ3) is 3.59. The summed E-state index contributed by atoms with van der Waals surface area (Å²) >= 11 is 0. The van der Waals surface area contributed by atoms with Crippen molar-refractivity contribution in [3.8, 4) is 0 Å². The second-order valence-corrected chi connectivity index (χ2v) is 9.10. The molecule has 2 aliphatic rings. The van der Waals surface area contributed by atoms with Gasteiger partial charge in [-0.25, -0.2) is 4.79 Å². The van der Waals surface area contributed by atoms with E-state index in [1.165, 1.54) is 4.90 Å². The monoisotopic (exact) mass is 421 g/mol. The number of benzene rings is 2. The van der Waals surface area contributed by atoms with Crippen LogP contribution in [-0.4, -0.2) is 23.1 Å². The average molecular weight is 422 g/mol. The number of aliphatic hydroxyl groups is 1. The molecule has 0 bridgehead atoms. The lowest BCUT2D eigenvalue weighted by Crippen LogP contribution is -2.64. The highest BCUT2D eigenvalue weighted by molar-refractivity contribution is 6.11. The minimum absolute atomic E-state index is 0.0426. The van der Waals surface area contributed by atoms with Gasteiger partial charge in [0.05, 0.1) is 5.69 Å². The van der Waals surface area contributed by atoms with Crippen LogP contribution in [0.5, 0.6) is 0 Å². The summed E-state index contributed by atoms with van der Waals surface area (Å²) in [4.78, 5) is 28.0. The number of nitrogens with one attached hydrogen (secondary N) is 2. The first-order valence-electron chi connectivity index (χ1n) is 11.0. The third-order valence-corrected chi connectivity index (χ3v) is 7.16. The maximum atomic E-state index is 13.7. The second kappa shape index (κ2) is 8.00. The number of para-hydroxylation sites is 1. The van der Waals surface area contributed by atoms with Crippen LogP contribution in [0.2, 0.25) is 0 Å². The molecule has 1 aliphatic heterocycles. The van der Waals surface area contributed by atoms with Crippen molar-refractivity contribution in [3.05, 3.63) is 59.2 Å². The zero-order valence-corrected chi connectivity index (χ0v) is 18.6. The first-order chi connectivity index (χ1) is 14.7. The maximum Gasteiger partial charge on any atom is 0.329 e. The minimum Gasteiger partial charge on any atom is -0.359 e. The Morgan fingerprint density at radius 2 is 1.87 bits per heavy atom. The largest absolute Gasteiger partial charge is 0.359 e. The third-order valence-electron chi connectivity index (χ3n) is 7.16. The maximum absolute atomic E-state index is 13.7. The average Bonchev–Trinajstić information content (AvgIpc) is 2.74. The molecule has 0 spiro atoms. The lowest BCUT2D eigenvalue weighted by atomic mass is 9.78. The number of aryl methyl sites for hydroxylation is 2. The van der Waals surface area contributed by atoms with E-state index in [0.717, 1.165) is 30.4 Å². The molecule has 3 N–H and O–H groups in total. The van der Waals surface area contributed by atoms with E-state index in [9.17, 15) is 14.7 Å². The predicted molar refractivity (Wildman–Crippen MR) is 122 cm³/mol.